The van der Waals surface area contributed by atoms with Gasteiger partial charge in [0, 0.05) is 0 Å². The summed E-state index contributed by atoms with van der Waals surface area (Å²) in [6.45, 7) is 4.95. The van der Waals surface area contributed by atoms with Crippen molar-refractivity contribution in [3.8, 4) is 22.6 Å². The van der Waals surface area contributed by atoms with Crippen LogP contribution in [-0.4, -0.2) is 6.61 Å². The normalized spacial score (nSPS) is 15.3. The molecule has 1 atom stereocenters. The predicted molar refractivity (Wildman–Crippen MR) is 124 cm³/mol. The molecular weight excluding hydrogens is 368 g/mol. The topological polar surface area (TPSA) is 18.5 Å². The van der Waals surface area contributed by atoms with Gasteiger partial charge in [-0.3, -0.25) is 0 Å². The Hall–Kier alpha value is -2.74. The van der Waals surface area contributed by atoms with Gasteiger partial charge in [0.25, 0.3) is 0 Å². The molecule has 0 saturated heterocycles. The molecule has 0 aromatic heterocycles. The van der Waals surface area contributed by atoms with Crippen LogP contribution in [0.1, 0.15) is 62.3 Å². The summed E-state index contributed by atoms with van der Waals surface area (Å²) in [5, 5.41) is 0. The highest BCUT2D eigenvalue weighted by Crippen LogP contribution is 2.37. The molecule has 1 aliphatic heterocycles. The highest BCUT2D eigenvalue weighted by atomic mass is 16.5. The van der Waals surface area contributed by atoms with Crippen LogP contribution in [0.3, 0.4) is 0 Å². The lowest BCUT2D eigenvalue weighted by molar-refractivity contribution is 0.176. The second-order valence-electron chi connectivity index (χ2n) is 8.12. The van der Waals surface area contributed by atoms with Crippen LogP contribution in [0.4, 0.5) is 0 Å². The van der Waals surface area contributed by atoms with E-state index in [1.807, 2.05) is 19.1 Å². The minimum atomic E-state index is 0.112. The molecule has 0 fully saturated rings. The van der Waals surface area contributed by atoms with Gasteiger partial charge < -0.3 is 9.47 Å². The van der Waals surface area contributed by atoms with Gasteiger partial charge in [-0.15, -0.1) is 0 Å². The van der Waals surface area contributed by atoms with Gasteiger partial charge in [-0.25, -0.2) is 0 Å². The van der Waals surface area contributed by atoms with Gasteiger partial charge in [-0.2, -0.15) is 0 Å². The van der Waals surface area contributed by atoms with E-state index in [1.54, 1.807) is 0 Å². The summed E-state index contributed by atoms with van der Waals surface area (Å²) in [7, 11) is 0. The number of rotatable bonds is 8. The van der Waals surface area contributed by atoms with Crippen molar-refractivity contribution in [3.63, 3.8) is 0 Å². The Labute approximate surface area is 180 Å². The van der Waals surface area contributed by atoms with Crippen LogP contribution in [0.2, 0.25) is 0 Å². The van der Waals surface area contributed by atoms with Crippen molar-refractivity contribution in [3.05, 3.63) is 83.4 Å². The molecule has 0 N–H and O–H groups in total. The van der Waals surface area contributed by atoms with E-state index in [9.17, 15) is 0 Å². The number of unbranched alkanes of at least 4 members (excludes halogenated alkanes) is 2. The Morgan fingerprint density at radius 2 is 1.63 bits per heavy atom. The fourth-order valence-electron chi connectivity index (χ4n) is 4.19. The lowest BCUT2D eigenvalue weighted by Gasteiger charge is -2.27. The third kappa shape index (κ3) is 4.87. The number of hydrogen-bond donors (Lipinski definition) is 0. The number of fused-ring (bicyclic) bond motifs is 1. The van der Waals surface area contributed by atoms with Gasteiger partial charge in [-0.05, 0) is 84.7 Å². The first-order valence-electron chi connectivity index (χ1n) is 11.4. The van der Waals surface area contributed by atoms with E-state index in [0.717, 1.165) is 24.3 Å². The second kappa shape index (κ2) is 9.84. The van der Waals surface area contributed by atoms with Gasteiger partial charge in [-0.1, -0.05) is 62.2 Å². The molecule has 3 aromatic rings. The maximum absolute atomic E-state index is 6.34. The quantitative estimate of drug-likeness (QED) is 0.363. The van der Waals surface area contributed by atoms with Crippen molar-refractivity contribution in [2.45, 2.75) is 58.5 Å². The third-order valence-electron chi connectivity index (χ3n) is 5.92. The minimum absolute atomic E-state index is 0.112. The van der Waals surface area contributed by atoms with Crippen molar-refractivity contribution >= 4 is 0 Å². The summed E-state index contributed by atoms with van der Waals surface area (Å²) < 4.78 is 11.9. The van der Waals surface area contributed by atoms with E-state index >= 15 is 0 Å². The summed E-state index contributed by atoms with van der Waals surface area (Å²) in [6.07, 6.45) is 7.19. The third-order valence-corrected chi connectivity index (χ3v) is 5.92. The molecule has 0 aliphatic carbocycles. The van der Waals surface area contributed by atoms with Gasteiger partial charge in [0.1, 0.15) is 17.6 Å². The SMILES string of the molecule is CCCCCc1ccc(-c2ccc3c(c2)CCC(c2ccc(OCC)cc2)O3)cc1. The van der Waals surface area contributed by atoms with E-state index in [4.69, 9.17) is 9.47 Å². The Morgan fingerprint density at radius 1 is 0.867 bits per heavy atom. The molecule has 4 rings (SSSR count). The Morgan fingerprint density at radius 3 is 2.37 bits per heavy atom. The molecule has 1 unspecified atom stereocenters. The fourth-order valence-corrected chi connectivity index (χ4v) is 4.19. The maximum Gasteiger partial charge on any atom is 0.124 e. The number of aryl methyl sites for hydroxylation is 2. The molecule has 156 valence electrons. The van der Waals surface area contributed by atoms with Gasteiger partial charge in [0.2, 0.25) is 0 Å². The van der Waals surface area contributed by atoms with Crippen molar-refractivity contribution in [1.82, 2.24) is 0 Å². The summed E-state index contributed by atoms with van der Waals surface area (Å²) in [6, 6.07) is 24.0. The molecule has 1 heterocycles. The minimum Gasteiger partial charge on any atom is -0.494 e. The smallest absolute Gasteiger partial charge is 0.124 e. The molecule has 2 nitrogen and oxygen atoms in total. The first kappa shape index (κ1) is 20.5. The van der Waals surface area contributed by atoms with Crippen LogP contribution < -0.4 is 9.47 Å². The number of benzene rings is 3. The van der Waals surface area contributed by atoms with Crippen molar-refractivity contribution < 1.29 is 9.47 Å². The molecule has 0 bridgehead atoms. The summed E-state index contributed by atoms with van der Waals surface area (Å²) in [5.74, 6) is 1.93. The second-order valence-corrected chi connectivity index (χ2v) is 8.12. The van der Waals surface area contributed by atoms with Gasteiger partial charge >= 0.3 is 0 Å². The zero-order chi connectivity index (χ0) is 20.8. The zero-order valence-electron chi connectivity index (χ0n) is 18.2. The van der Waals surface area contributed by atoms with Crippen LogP contribution >= 0.6 is 0 Å². The fraction of sp³-hybridized carbons (Fsp3) is 0.357. The van der Waals surface area contributed by atoms with Crippen LogP contribution in [0, 0.1) is 0 Å². The van der Waals surface area contributed by atoms with Gasteiger partial charge in [0.15, 0.2) is 0 Å². The van der Waals surface area contributed by atoms with Crippen molar-refractivity contribution in [2.75, 3.05) is 6.61 Å². The van der Waals surface area contributed by atoms with Crippen molar-refractivity contribution in [1.29, 1.82) is 0 Å². The van der Waals surface area contributed by atoms with E-state index in [0.29, 0.717) is 6.61 Å². The lowest BCUT2D eigenvalue weighted by atomic mass is 9.94. The van der Waals surface area contributed by atoms with Crippen molar-refractivity contribution in [2.24, 2.45) is 0 Å². The Balaban J connectivity index is 1.44. The highest BCUT2D eigenvalue weighted by Gasteiger charge is 2.21. The molecule has 0 radical (unpaired) electrons. The molecule has 2 heteroatoms. The van der Waals surface area contributed by atoms with E-state index in [-0.39, 0.29) is 6.10 Å². The van der Waals surface area contributed by atoms with Crippen LogP contribution in [-0.2, 0) is 12.8 Å². The largest absolute Gasteiger partial charge is 0.494 e. The maximum atomic E-state index is 6.34. The summed E-state index contributed by atoms with van der Waals surface area (Å²) in [5.41, 5.74) is 6.52. The Kier molecular flexibility index (Phi) is 6.74. The van der Waals surface area contributed by atoms with Crippen LogP contribution in [0.25, 0.3) is 11.1 Å². The number of ether oxygens (including phenoxy) is 2. The van der Waals surface area contributed by atoms with E-state index in [1.165, 1.54) is 53.5 Å². The lowest BCUT2D eigenvalue weighted by Crippen LogP contribution is -2.15. The van der Waals surface area contributed by atoms with Crippen LogP contribution in [0.5, 0.6) is 11.5 Å². The van der Waals surface area contributed by atoms with E-state index in [2.05, 4.69) is 61.5 Å². The standard InChI is InChI=1S/C28H32O2/c1-3-5-6-7-21-8-10-22(11-9-21)24-14-18-28-25(20-24)15-19-27(30-28)23-12-16-26(17-13-23)29-4-2/h8-14,16-18,20,27H,3-7,15,19H2,1-2H3. The first-order chi connectivity index (χ1) is 14.8. The molecular formula is C28H32O2. The van der Waals surface area contributed by atoms with Gasteiger partial charge in [0.05, 0.1) is 6.61 Å². The van der Waals surface area contributed by atoms with Crippen LogP contribution in [0.15, 0.2) is 66.7 Å². The molecule has 0 saturated carbocycles. The zero-order valence-corrected chi connectivity index (χ0v) is 18.2. The molecule has 1 aliphatic rings. The first-order valence-corrected chi connectivity index (χ1v) is 11.4. The highest BCUT2D eigenvalue weighted by molar-refractivity contribution is 5.66. The Bertz CT molecular complexity index is 941. The molecule has 0 amide bonds. The summed E-state index contributed by atoms with van der Waals surface area (Å²) >= 11 is 0. The average molecular weight is 401 g/mol. The number of hydrogen-bond acceptors (Lipinski definition) is 2. The van der Waals surface area contributed by atoms with E-state index < -0.39 is 0 Å². The summed E-state index contributed by atoms with van der Waals surface area (Å²) in [4.78, 5) is 0. The average Bonchev–Trinajstić information content (AvgIpc) is 2.80. The monoisotopic (exact) mass is 400 g/mol. The molecule has 0 spiro atoms. The molecule has 30 heavy (non-hydrogen) atoms. The predicted octanol–water partition coefficient (Wildman–Crippen LogP) is 7.55. The molecule has 3 aromatic carbocycles.